The second-order valence-corrected chi connectivity index (χ2v) is 4.28. The summed E-state index contributed by atoms with van der Waals surface area (Å²) in [4.78, 5) is 0. The van der Waals surface area contributed by atoms with E-state index in [-0.39, 0.29) is 16.8 Å². The maximum absolute atomic E-state index is 12.0. The number of ether oxygens (including phenoxy) is 1. The molecule has 0 fully saturated rings. The van der Waals surface area contributed by atoms with E-state index in [2.05, 4.69) is 10.1 Å². The minimum atomic E-state index is -4.36. The molecule has 1 aromatic carbocycles. The first kappa shape index (κ1) is 15.1. The number of nitrogens with one attached hydrogen (secondary N) is 1. The van der Waals surface area contributed by atoms with Gasteiger partial charge in [0.15, 0.2) is 6.61 Å². The van der Waals surface area contributed by atoms with Crippen LogP contribution < -0.4 is 10.1 Å². The fourth-order valence-corrected chi connectivity index (χ4v) is 1.73. The van der Waals surface area contributed by atoms with E-state index in [1.165, 1.54) is 6.07 Å². The lowest BCUT2D eigenvalue weighted by Crippen LogP contribution is -2.20. The van der Waals surface area contributed by atoms with Gasteiger partial charge in [-0.3, -0.25) is 0 Å². The minimum Gasteiger partial charge on any atom is -0.483 e. The number of alkyl halides is 3. The molecule has 0 amide bonds. The second-order valence-electron chi connectivity index (χ2n) is 3.87. The van der Waals surface area contributed by atoms with Crippen LogP contribution in [0.4, 0.5) is 13.2 Å². The Bertz CT molecular complexity index is 395. The highest BCUT2D eigenvalue weighted by Gasteiger charge is 2.28. The van der Waals surface area contributed by atoms with Crippen LogP contribution >= 0.6 is 11.6 Å². The van der Waals surface area contributed by atoms with Gasteiger partial charge in [0.25, 0.3) is 0 Å². The maximum Gasteiger partial charge on any atom is 0.422 e. The molecule has 1 aromatic rings. The van der Waals surface area contributed by atoms with Crippen molar-refractivity contribution in [3.8, 4) is 5.75 Å². The van der Waals surface area contributed by atoms with Crippen LogP contribution in [0.15, 0.2) is 18.2 Å². The van der Waals surface area contributed by atoms with E-state index in [1.807, 2.05) is 13.8 Å². The quantitative estimate of drug-likeness (QED) is 0.882. The average molecular weight is 282 g/mol. The van der Waals surface area contributed by atoms with Crippen molar-refractivity contribution < 1.29 is 17.9 Å². The van der Waals surface area contributed by atoms with Gasteiger partial charge in [-0.1, -0.05) is 24.6 Å². The van der Waals surface area contributed by atoms with Gasteiger partial charge in [-0.15, -0.1) is 0 Å². The molecule has 0 bridgehead atoms. The Morgan fingerprint density at radius 3 is 2.56 bits per heavy atom. The van der Waals surface area contributed by atoms with Gasteiger partial charge in [-0.05, 0) is 31.2 Å². The molecule has 0 saturated carbocycles. The third-order valence-electron chi connectivity index (χ3n) is 2.36. The smallest absolute Gasteiger partial charge is 0.422 e. The average Bonchev–Trinajstić information content (AvgIpc) is 2.26. The van der Waals surface area contributed by atoms with Crippen LogP contribution in [0.2, 0.25) is 5.02 Å². The van der Waals surface area contributed by atoms with Crippen LogP contribution in [-0.2, 0) is 0 Å². The van der Waals surface area contributed by atoms with Crippen LogP contribution in [0.3, 0.4) is 0 Å². The van der Waals surface area contributed by atoms with Gasteiger partial charge in [-0.25, -0.2) is 0 Å². The zero-order valence-electron chi connectivity index (χ0n) is 10.1. The summed E-state index contributed by atoms with van der Waals surface area (Å²) in [6, 6.07) is 4.85. The van der Waals surface area contributed by atoms with Crippen molar-refractivity contribution in [3.63, 3.8) is 0 Å². The highest BCUT2D eigenvalue weighted by atomic mass is 35.5. The first-order valence-corrected chi connectivity index (χ1v) is 5.93. The van der Waals surface area contributed by atoms with Crippen molar-refractivity contribution in [3.05, 3.63) is 28.8 Å². The molecular formula is C12H15ClF3NO. The van der Waals surface area contributed by atoms with Crippen LogP contribution in [-0.4, -0.2) is 19.3 Å². The monoisotopic (exact) mass is 281 g/mol. The summed E-state index contributed by atoms with van der Waals surface area (Å²) in [6.45, 7) is 3.38. The maximum atomic E-state index is 12.0. The molecule has 2 nitrogen and oxygen atoms in total. The van der Waals surface area contributed by atoms with Gasteiger partial charge >= 0.3 is 6.18 Å². The number of halogens is 4. The van der Waals surface area contributed by atoms with Gasteiger partial charge in [-0.2, -0.15) is 13.2 Å². The number of rotatable bonds is 5. The van der Waals surface area contributed by atoms with Crippen molar-refractivity contribution in [2.24, 2.45) is 0 Å². The molecule has 1 atom stereocenters. The highest BCUT2D eigenvalue weighted by Crippen LogP contribution is 2.29. The Morgan fingerprint density at radius 2 is 2.06 bits per heavy atom. The zero-order chi connectivity index (χ0) is 13.8. The molecule has 1 N–H and O–H groups in total. The number of hydrogen-bond acceptors (Lipinski definition) is 2. The van der Waals surface area contributed by atoms with Gasteiger partial charge in [0.2, 0.25) is 0 Å². The lowest BCUT2D eigenvalue weighted by molar-refractivity contribution is -0.153. The van der Waals surface area contributed by atoms with Gasteiger partial charge in [0, 0.05) is 6.04 Å². The van der Waals surface area contributed by atoms with E-state index in [9.17, 15) is 13.2 Å². The summed E-state index contributed by atoms with van der Waals surface area (Å²) in [5.74, 6) is 0.0430. The normalized spacial score (nSPS) is 13.4. The lowest BCUT2D eigenvalue weighted by atomic mass is 10.1. The zero-order valence-corrected chi connectivity index (χ0v) is 10.9. The fourth-order valence-electron chi connectivity index (χ4n) is 1.49. The van der Waals surface area contributed by atoms with Crippen LogP contribution in [0.5, 0.6) is 5.75 Å². The predicted molar refractivity (Wildman–Crippen MR) is 65.1 cm³/mol. The predicted octanol–water partition coefficient (Wildman–Crippen LogP) is 3.95. The number of benzene rings is 1. The van der Waals surface area contributed by atoms with E-state index < -0.39 is 12.8 Å². The molecule has 0 saturated heterocycles. The van der Waals surface area contributed by atoms with E-state index in [0.29, 0.717) is 0 Å². The van der Waals surface area contributed by atoms with Crippen LogP contribution in [0.1, 0.15) is 25.5 Å². The summed E-state index contributed by atoms with van der Waals surface area (Å²) in [5.41, 5.74) is 0.904. The van der Waals surface area contributed by atoms with E-state index >= 15 is 0 Å². The third-order valence-corrected chi connectivity index (χ3v) is 2.65. The Hall–Kier alpha value is -0.940. The molecule has 0 aromatic heterocycles. The van der Waals surface area contributed by atoms with Crippen LogP contribution in [0, 0.1) is 0 Å². The molecule has 0 heterocycles. The molecule has 0 aliphatic rings. The molecule has 1 unspecified atom stereocenters. The Balaban J connectivity index is 2.73. The molecule has 102 valence electrons. The molecule has 0 spiro atoms. The van der Waals surface area contributed by atoms with Gasteiger partial charge in [0.05, 0.1) is 5.02 Å². The summed E-state index contributed by atoms with van der Waals surface area (Å²) >= 11 is 5.88. The Labute approximate surface area is 109 Å². The third kappa shape index (κ3) is 4.74. The molecule has 0 radical (unpaired) electrons. The van der Waals surface area contributed by atoms with E-state index in [1.54, 1.807) is 12.1 Å². The Morgan fingerprint density at radius 1 is 1.39 bits per heavy atom. The minimum absolute atomic E-state index is 0.0430. The van der Waals surface area contributed by atoms with E-state index in [0.717, 1.165) is 12.1 Å². The molecular weight excluding hydrogens is 267 g/mol. The summed E-state index contributed by atoms with van der Waals surface area (Å²) in [7, 11) is 0. The number of hydrogen-bond donors (Lipinski definition) is 1. The molecule has 0 aliphatic heterocycles. The van der Waals surface area contributed by atoms with E-state index in [4.69, 9.17) is 11.6 Å². The first-order chi connectivity index (χ1) is 8.33. The molecule has 1 rings (SSSR count). The first-order valence-electron chi connectivity index (χ1n) is 5.56. The standard InChI is InChI=1S/C12H15ClF3NO/c1-3-17-8(2)9-4-5-11(10(13)6-9)18-7-12(14,15)16/h4-6,8,17H,3,7H2,1-2H3. The van der Waals surface area contributed by atoms with Gasteiger partial charge in [0.1, 0.15) is 5.75 Å². The fraction of sp³-hybridized carbons (Fsp3) is 0.500. The summed E-state index contributed by atoms with van der Waals surface area (Å²) < 4.78 is 40.6. The van der Waals surface area contributed by atoms with Gasteiger partial charge < -0.3 is 10.1 Å². The van der Waals surface area contributed by atoms with Crippen molar-refractivity contribution >= 4 is 11.6 Å². The lowest BCUT2D eigenvalue weighted by Gasteiger charge is -2.15. The van der Waals surface area contributed by atoms with Crippen molar-refractivity contribution in [2.75, 3.05) is 13.2 Å². The molecule has 0 aliphatic carbocycles. The second kappa shape index (κ2) is 6.29. The van der Waals surface area contributed by atoms with Crippen LogP contribution in [0.25, 0.3) is 0 Å². The largest absolute Gasteiger partial charge is 0.483 e. The van der Waals surface area contributed by atoms with Crippen molar-refractivity contribution in [1.29, 1.82) is 0 Å². The van der Waals surface area contributed by atoms with Crippen molar-refractivity contribution in [2.45, 2.75) is 26.1 Å². The van der Waals surface area contributed by atoms with Crippen molar-refractivity contribution in [1.82, 2.24) is 5.32 Å². The summed E-state index contributed by atoms with van der Waals surface area (Å²) in [5, 5.41) is 3.37. The topological polar surface area (TPSA) is 21.3 Å². The molecule has 18 heavy (non-hydrogen) atoms. The SMILES string of the molecule is CCNC(C)c1ccc(OCC(F)(F)F)c(Cl)c1. The molecule has 6 heteroatoms. The summed E-state index contributed by atoms with van der Waals surface area (Å²) in [6.07, 6.45) is -4.36. The Kier molecular flexibility index (Phi) is 5.28. The highest BCUT2D eigenvalue weighted by molar-refractivity contribution is 6.32.